The lowest BCUT2D eigenvalue weighted by Crippen LogP contribution is -2.23. The third-order valence-electron chi connectivity index (χ3n) is 3.19. The maximum Gasteiger partial charge on any atom is 0.251 e. The first kappa shape index (κ1) is 17.0. The minimum Gasteiger partial charge on any atom is -0.348 e. The molecule has 0 aromatic heterocycles. The maximum absolute atomic E-state index is 13.5. The zero-order chi connectivity index (χ0) is 17.0. The Morgan fingerprint density at radius 1 is 1.17 bits per heavy atom. The van der Waals surface area contributed by atoms with Crippen molar-refractivity contribution in [3.05, 3.63) is 65.0 Å². The van der Waals surface area contributed by atoms with Gasteiger partial charge in [-0.15, -0.1) is 0 Å². The van der Waals surface area contributed by atoms with Gasteiger partial charge in [0.25, 0.3) is 5.91 Å². The minimum atomic E-state index is -3.43. The quantitative estimate of drug-likeness (QED) is 0.880. The molecular formula is C16H17FN2O3S. The van der Waals surface area contributed by atoms with E-state index in [1.165, 1.54) is 12.1 Å². The van der Waals surface area contributed by atoms with Crippen molar-refractivity contribution in [2.75, 3.05) is 11.0 Å². The number of anilines is 1. The normalized spacial score (nSPS) is 11.1. The minimum absolute atomic E-state index is 0.0498. The van der Waals surface area contributed by atoms with E-state index in [-0.39, 0.29) is 12.1 Å². The summed E-state index contributed by atoms with van der Waals surface area (Å²) in [5.74, 6) is -0.805. The van der Waals surface area contributed by atoms with Crippen LogP contribution in [0.15, 0.2) is 42.5 Å². The Morgan fingerprint density at radius 2 is 1.87 bits per heavy atom. The third kappa shape index (κ3) is 4.79. The molecular weight excluding hydrogens is 319 g/mol. The topological polar surface area (TPSA) is 75.3 Å². The first-order valence-corrected chi connectivity index (χ1v) is 8.75. The molecule has 0 radical (unpaired) electrons. The first-order valence-electron chi connectivity index (χ1n) is 6.86. The summed E-state index contributed by atoms with van der Waals surface area (Å²) >= 11 is 0. The lowest BCUT2D eigenvalue weighted by atomic mass is 10.1. The van der Waals surface area contributed by atoms with E-state index in [1.54, 1.807) is 37.3 Å². The molecule has 122 valence electrons. The number of sulfonamides is 1. The van der Waals surface area contributed by atoms with E-state index in [0.29, 0.717) is 16.8 Å². The summed E-state index contributed by atoms with van der Waals surface area (Å²) in [5.41, 5.74) is 1.70. The van der Waals surface area contributed by atoms with E-state index in [0.717, 1.165) is 6.26 Å². The van der Waals surface area contributed by atoms with Gasteiger partial charge in [0.05, 0.1) is 11.9 Å². The van der Waals surface area contributed by atoms with Gasteiger partial charge in [0.1, 0.15) is 5.82 Å². The van der Waals surface area contributed by atoms with Crippen molar-refractivity contribution in [2.24, 2.45) is 0 Å². The molecule has 23 heavy (non-hydrogen) atoms. The summed E-state index contributed by atoms with van der Waals surface area (Å²) < 4.78 is 38.5. The van der Waals surface area contributed by atoms with Gasteiger partial charge in [-0.3, -0.25) is 9.52 Å². The van der Waals surface area contributed by atoms with E-state index in [2.05, 4.69) is 10.0 Å². The Morgan fingerprint density at radius 3 is 2.52 bits per heavy atom. The molecule has 2 N–H and O–H groups in total. The molecule has 0 spiro atoms. The Bertz CT molecular complexity index is 835. The van der Waals surface area contributed by atoms with E-state index >= 15 is 0 Å². The number of benzene rings is 2. The highest BCUT2D eigenvalue weighted by molar-refractivity contribution is 7.92. The fraction of sp³-hybridized carbons (Fsp3) is 0.188. The fourth-order valence-corrected chi connectivity index (χ4v) is 2.61. The van der Waals surface area contributed by atoms with Gasteiger partial charge in [-0.25, -0.2) is 12.8 Å². The van der Waals surface area contributed by atoms with Crippen LogP contribution in [0.5, 0.6) is 0 Å². The molecule has 0 unspecified atom stereocenters. The smallest absolute Gasteiger partial charge is 0.251 e. The highest BCUT2D eigenvalue weighted by atomic mass is 32.2. The Labute approximate surface area is 134 Å². The summed E-state index contributed by atoms with van der Waals surface area (Å²) in [7, 11) is -3.43. The van der Waals surface area contributed by atoms with Crippen molar-refractivity contribution >= 4 is 21.6 Å². The molecule has 7 heteroatoms. The van der Waals surface area contributed by atoms with E-state index in [9.17, 15) is 17.6 Å². The number of hydrogen-bond donors (Lipinski definition) is 2. The van der Waals surface area contributed by atoms with Gasteiger partial charge in [0.2, 0.25) is 10.0 Å². The third-order valence-corrected chi connectivity index (χ3v) is 3.78. The van der Waals surface area contributed by atoms with Crippen LogP contribution in [0, 0.1) is 12.7 Å². The fourth-order valence-electron chi connectivity index (χ4n) is 1.99. The molecule has 0 aliphatic rings. The second kappa shape index (κ2) is 6.78. The van der Waals surface area contributed by atoms with E-state index < -0.39 is 21.7 Å². The van der Waals surface area contributed by atoms with Crippen molar-refractivity contribution in [1.29, 1.82) is 0 Å². The average Bonchev–Trinajstić information content (AvgIpc) is 2.47. The molecule has 0 saturated carbocycles. The van der Waals surface area contributed by atoms with Gasteiger partial charge in [0, 0.05) is 17.7 Å². The van der Waals surface area contributed by atoms with E-state index in [1.807, 2.05) is 0 Å². The molecule has 1 amide bonds. The number of hydrogen-bond acceptors (Lipinski definition) is 3. The lowest BCUT2D eigenvalue weighted by Gasteiger charge is -2.11. The predicted octanol–water partition coefficient (Wildman–Crippen LogP) is 2.44. The molecule has 0 aliphatic heterocycles. The zero-order valence-corrected chi connectivity index (χ0v) is 13.6. The lowest BCUT2D eigenvalue weighted by molar-refractivity contribution is 0.0950. The SMILES string of the molecule is Cc1ccc(C(=O)NCc2ccccc2F)cc1NS(C)(=O)=O. The van der Waals surface area contributed by atoms with Crippen molar-refractivity contribution in [3.8, 4) is 0 Å². The molecule has 2 aromatic rings. The molecule has 2 aromatic carbocycles. The number of halogens is 1. The molecule has 0 aliphatic carbocycles. The van der Waals surface area contributed by atoms with Crippen molar-refractivity contribution in [3.63, 3.8) is 0 Å². The summed E-state index contributed by atoms with van der Waals surface area (Å²) in [6.07, 6.45) is 1.04. The molecule has 2 rings (SSSR count). The van der Waals surface area contributed by atoms with Gasteiger partial charge in [0.15, 0.2) is 0 Å². The van der Waals surface area contributed by atoms with Crippen LogP contribution >= 0.6 is 0 Å². The Hall–Kier alpha value is -2.41. The van der Waals surface area contributed by atoms with Crippen molar-refractivity contribution in [1.82, 2.24) is 5.32 Å². The highest BCUT2D eigenvalue weighted by Crippen LogP contribution is 2.18. The van der Waals surface area contributed by atoms with Gasteiger partial charge in [-0.05, 0) is 30.7 Å². The van der Waals surface area contributed by atoms with Gasteiger partial charge in [-0.1, -0.05) is 24.3 Å². The summed E-state index contributed by atoms with van der Waals surface area (Å²) in [6, 6.07) is 10.8. The summed E-state index contributed by atoms with van der Waals surface area (Å²) in [5, 5.41) is 2.61. The second-order valence-corrected chi connectivity index (χ2v) is 6.93. The molecule has 0 heterocycles. The summed E-state index contributed by atoms with van der Waals surface area (Å²) in [6.45, 7) is 1.78. The van der Waals surface area contributed by atoms with Crippen LogP contribution in [0.3, 0.4) is 0 Å². The highest BCUT2D eigenvalue weighted by Gasteiger charge is 2.11. The number of carbonyl (C=O) groups excluding carboxylic acids is 1. The van der Waals surface area contributed by atoms with Crippen molar-refractivity contribution < 1.29 is 17.6 Å². The number of rotatable bonds is 5. The Balaban J connectivity index is 2.13. The van der Waals surface area contributed by atoms with Crippen LogP contribution in [-0.2, 0) is 16.6 Å². The predicted molar refractivity (Wildman–Crippen MR) is 87.2 cm³/mol. The van der Waals surface area contributed by atoms with E-state index in [4.69, 9.17) is 0 Å². The summed E-state index contributed by atoms with van der Waals surface area (Å²) in [4.78, 5) is 12.1. The number of aryl methyl sites for hydroxylation is 1. The molecule has 5 nitrogen and oxygen atoms in total. The van der Waals surface area contributed by atoms with Crippen LogP contribution in [0.1, 0.15) is 21.5 Å². The zero-order valence-electron chi connectivity index (χ0n) is 12.8. The van der Waals surface area contributed by atoms with Crippen LogP contribution in [0.2, 0.25) is 0 Å². The molecule has 0 saturated heterocycles. The number of amides is 1. The largest absolute Gasteiger partial charge is 0.348 e. The van der Waals surface area contributed by atoms with Gasteiger partial charge >= 0.3 is 0 Å². The van der Waals surface area contributed by atoms with Crippen LogP contribution in [0.4, 0.5) is 10.1 Å². The van der Waals surface area contributed by atoms with Crippen LogP contribution in [0.25, 0.3) is 0 Å². The molecule has 0 fully saturated rings. The number of carbonyl (C=O) groups is 1. The maximum atomic E-state index is 13.5. The van der Waals surface area contributed by atoms with Crippen LogP contribution in [-0.4, -0.2) is 20.6 Å². The van der Waals surface area contributed by atoms with Crippen LogP contribution < -0.4 is 10.0 Å². The average molecular weight is 336 g/mol. The molecule has 0 bridgehead atoms. The monoisotopic (exact) mass is 336 g/mol. The Kier molecular flexibility index (Phi) is 5.00. The standard InChI is InChI=1S/C16H17FN2O3S/c1-11-7-8-12(9-15(11)19-23(2,21)22)16(20)18-10-13-5-3-4-6-14(13)17/h3-9,19H,10H2,1-2H3,(H,18,20). The second-order valence-electron chi connectivity index (χ2n) is 5.18. The first-order chi connectivity index (χ1) is 10.8. The molecule has 0 atom stereocenters. The van der Waals surface area contributed by atoms with Gasteiger partial charge in [-0.2, -0.15) is 0 Å². The number of nitrogens with one attached hydrogen (secondary N) is 2. The van der Waals surface area contributed by atoms with Gasteiger partial charge < -0.3 is 5.32 Å². The van der Waals surface area contributed by atoms with Crippen molar-refractivity contribution in [2.45, 2.75) is 13.5 Å².